The van der Waals surface area contributed by atoms with Crippen molar-refractivity contribution in [1.29, 1.82) is 10.5 Å². The molecule has 0 aromatic heterocycles. The lowest BCUT2D eigenvalue weighted by molar-refractivity contribution is -0.196. The van der Waals surface area contributed by atoms with E-state index in [-0.39, 0.29) is 6.07 Å². The summed E-state index contributed by atoms with van der Waals surface area (Å²) in [4.78, 5) is 0. The molecular weight excluding hydrogens is 349 g/mol. The van der Waals surface area contributed by atoms with E-state index >= 15 is 0 Å². The van der Waals surface area contributed by atoms with Gasteiger partial charge in [0.1, 0.15) is 0 Å². The largest absolute Gasteiger partial charge is 0.415 e. The minimum absolute atomic E-state index is 0.0959. The zero-order valence-corrected chi connectivity index (χ0v) is 10.6. The van der Waals surface area contributed by atoms with Crippen molar-refractivity contribution in [3.8, 4) is 12.3 Å². The van der Waals surface area contributed by atoms with Crippen LogP contribution < -0.4 is 0 Å². The molecule has 2 atom stereocenters. The normalized spacial score (nSPS) is 26.5. The van der Waals surface area contributed by atoms with E-state index in [0.717, 1.165) is 0 Å². The van der Waals surface area contributed by atoms with Crippen LogP contribution in [0.25, 0.3) is 0 Å². The Bertz CT molecular complexity index is 756. The summed E-state index contributed by atoms with van der Waals surface area (Å²) in [6.45, 7) is 0. The maximum absolute atomic E-state index is 13.6. The van der Waals surface area contributed by atoms with Gasteiger partial charge in [-0.3, -0.25) is 0 Å². The average Bonchev–Trinajstić information content (AvgIpc) is 2.38. The van der Waals surface area contributed by atoms with Crippen LogP contribution in [0.3, 0.4) is 0 Å². The minimum atomic E-state index is -6.18. The Hall–Kier alpha value is -2.28. The minimum Gasteiger partial charge on any atom is -0.302 e. The zero-order chi connectivity index (χ0) is 17.5. The quantitative estimate of drug-likeness (QED) is 0.434. The SMILES string of the molecule is N#COS(=O)(=O)C1C(F)=C(F)C(F)=C(F)C1(C#N)C(F)(F)F. The highest BCUT2D eigenvalue weighted by Gasteiger charge is 2.73. The van der Waals surface area contributed by atoms with Crippen LogP contribution in [0, 0.1) is 28.3 Å². The number of allylic oxidation sites excluding steroid dienone is 3. The molecule has 0 radical (unpaired) electrons. The molecule has 0 heterocycles. The Morgan fingerprint density at radius 1 is 1.09 bits per heavy atom. The van der Waals surface area contributed by atoms with Crippen LogP contribution in [0.4, 0.5) is 30.7 Å². The molecule has 0 spiro atoms. The summed E-state index contributed by atoms with van der Waals surface area (Å²) in [5, 5.41) is 12.6. The van der Waals surface area contributed by atoms with E-state index in [9.17, 15) is 39.2 Å². The molecule has 0 aliphatic heterocycles. The first-order valence-electron chi connectivity index (χ1n) is 4.79. The van der Waals surface area contributed by atoms with Crippen LogP contribution in [0.2, 0.25) is 0 Å². The van der Waals surface area contributed by atoms with Gasteiger partial charge in [0.15, 0.2) is 28.6 Å². The number of hydrogen-bond acceptors (Lipinski definition) is 5. The van der Waals surface area contributed by atoms with Crippen molar-refractivity contribution >= 4 is 10.1 Å². The van der Waals surface area contributed by atoms with Crippen molar-refractivity contribution in [3.63, 3.8) is 0 Å². The third-order valence-corrected chi connectivity index (χ3v) is 4.08. The summed E-state index contributed by atoms with van der Waals surface area (Å²) in [5.74, 6) is -12.0. The van der Waals surface area contributed by atoms with E-state index in [1.165, 1.54) is 0 Å². The van der Waals surface area contributed by atoms with Crippen molar-refractivity contribution in [3.05, 3.63) is 23.3 Å². The number of nitriles is 2. The lowest BCUT2D eigenvalue weighted by atomic mass is 9.79. The number of halogens is 7. The Morgan fingerprint density at radius 2 is 1.59 bits per heavy atom. The molecule has 1 aliphatic rings. The average molecular weight is 350 g/mol. The van der Waals surface area contributed by atoms with Gasteiger partial charge in [-0.05, 0) is 0 Å². The van der Waals surface area contributed by atoms with Crippen LogP contribution in [-0.4, -0.2) is 19.8 Å². The van der Waals surface area contributed by atoms with Gasteiger partial charge in [0.05, 0.1) is 6.07 Å². The molecule has 1 rings (SSSR count). The molecule has 0 fully saturated rings. The summed E-state index contributed by atoms with van der Waals surface area (Å²) < 4.78 is 118. The Balaban J connectivity index is 3.94. The number of rotatable bonds is 2. The first-order chi connectivity index (χ1) is 9.88. The van der Waals surface area contributed by atoms with Gasteiger partial charge in [0.25, 0.3) is 0 Å². The highest BCUT2D eigenvalue weighted by molar-refractivity contribution is 7.87. The second-order valence-electron chi connectivity index (χ2n) is 3.75. The van der Waals surface area contributed by atoms with Gasteiger partial charge in [-0.25, -0.2) is 17.6 Å². The fourth-order valence-corrected chi connectivity index (χ4v) is 2.96. The molecule has 0 bridgehead atoms. The molecule has 5 nitrogen and oxygen atoms in total. The molecule has 0 saturated heterocycles. The highest BCUT2D eigenvalue weighted by Crippen LogP contribution is 2.56. The van der Waals surface area contributed by atoms with Gasteiger partial charge >= 0.3 is 22.5 Å². The van der Waals surface area contributed by atoms with E-state index in [4.69, 9.17) is 10.5 Å². The van der Waals surface area contributed by atoms with Gasteiger partial charge in [-0.15, -0.1) is 5.26 Å². The molecular formula is C9HF7N2O3S. The number of alkyl halides is 3. The van der Waals surface area contributed by atoms with E-state index in [0.29, 0.717) is 6.26 Å². The molecule has 0 aromatic carbocycles. The molecule has 0 amide bonds. The monoisotopic (exact) mass is 350 g/mol. The molecule has 0 aromatic rings. The van der Waals surface area contributed by atoms with Crippen LogP contribution in [-0.2, 0) is 14.3 Å². The Morgan fingerprint density at radius 3 is 1.95 bits per heavy atom. The van der Waals surface area contributed by atoms with Crippen LogP contribution in [0.15, 0.2) is 23.3 Å². The van der Waals surface area contributed by atoms with Crippen molar-refractivity contribution in [2.75, 3.05) is 0 Å². The predicted octanol–water partition coefficient (Wildman–Crippen LogP) is 2.57. The summed E-state index contributed by atoms with van der Waals surface area (Å²) in [6.07, 6.45) is -5.81. The van der Waals surface area contributed by atoms with Gasteiger partial charge < -0.3 is 4.18 Å². The first kappa shape index (κ1) is 17.8. The van der Waals surface area contributed by atoms with Gasteiger partial charge in [-0.1, -0.05) is 0 Å². The summed E-state index contributed by atoms with van der Waals surface area (Å²) in [5.41, 5.74) is -4.95. The van der Waals surface area contributed by atoms with E-state index in [2.05, 4.69) is 4.18 Å². The molecule has 2 unspecified atom stereocenters. The van der Waals surface area contributed by atoms with E-state index in [1.807, 2.05) is 0 Å². The summed E-state index contributed by atoms with van der Waals surface area (Å²) >= 11 is 0. The van der Waals surface area contributed by atoms with Gasteiger partial charge in [0, 0.05) is 0 Å². The van der Waals surface area contributed by atoms with Crippen molar-refractivity contribution in [2.24, 2.45) is 5.41 Å². The fourth-order valence-electron chi connectivity index (χ4n) is 1.68. The molecule has 120 valence electrons. The first-order valence-corrected chi connectivity index (χ1v) is 6.26. The third kappa shape index (κ3) is 2.18. The van der Waals surface area contributed by atoms with Crippen molar-refractivity contribution in [2.45, 2.75) is 11.4 Å². The number of hydrogen-bond donors (Lipinski definition) is 0. The fraction of sp³-hybridized carbons (Fsp3) is 0.333. The third-order valence-electron chi connectivity index (χ3n) is 2.63. The number of nitrogens with zero attached hydrogens (tertiary/aromatic N) is 2. The van der Waals surface area contributed by atoms with E-state index in [1.54, 1.807) is 0 Å². The molecule has 22 heavy (non-hydrogen) atoms. The summed E-state index contributed by atoms with van der Waals surface area (Å²) in [7, 11) is -5.99. The lowest BCUT2D eigenvalue weighted by Gasteiger charge is -2.34. The van der Waals surface area contributed by atoms with Crippen molar-refractivity contribution < 1.29 is 43.3 Å². The topological polar surface area (TPSA) is 90.9 Å². The van der Waals surface area contributed by atoms with Crippen molar-refractivity contribution in [1.82, 2.24) is 0 Å². The molecule has 0 saturated carbocycles. The van der Waals surface area contributed by atoms with Gasteiger partial charge in [-0.2, -0.15) is 26.9 Å². The maximum Gasteiger partial charge on any atom is 0.415 e. The summed E-state index contributed by atoms with van der Waals surface area (Å²) in [6, 6.07) is 0.0959. The lowest BCUT2D eigenvalue weighted by Crippen LogP contribution is -2.53. The Labute approximate surface area is 117 Å². The maximum atomic E-state index is 13.6. The molecule has 13 heteroatoms. The Kier molecular flexibility index (Phi) is 4.18. The van der Waals surface area contributed by atoms with Crippen LogP contribution >= 0.6 is 0 Å². The molecule has 0 N–H and O–H groups in total. The molecule has 1 aliphatic carbocycles. The van der Waals surface area contributed by atoms with Crippen LogP contribution in [0.1, 0.15) is 0 Å². The second-order valence-corrected chi connectivity index (χ2v) is 5.38. The smallest absolute Gasteiger partial charge is 0.302 e. The van der Waals surface area contributed by atoms with E-state index < -0.39 is 50.3 Å². The zero-order valence-electron chi connectivity index (χ0n) is 9.75. The standard InChI is InChI=1S/C9HF7N2O3S/c10-3-4(11)6(13)8(1-17,9(14,15)16)7(5(3)12)22(19,20)21-2-18/h7H. The second kappa shape index (κ2) is 5.17. The van der Waals surface area contributed by atoms with Gasteiger partial charge in [0.2, 0.25) is 5.41 Å². The van der Waals surface area contributed by atoms with Crippen LogP contribution in [0.5, 0.6) is 0 Å². The highest BCUT2D eigenvalue weighted by atomic mass is 32.2. The predicted molar refractivity (Wildman–Crippen MR) is 52.0 cm³/mol.